The number of anilines is 1. The highest BCUT2D eigenvalue weighted by molar-refractivity contribution is 5.89. The van der Waals surface area contributed by atoms with E-state index < -0.39 is 6.10 Å². The summed E-state index contributed by atoms with van der Waals surface area (Å²) in [6, 6.07) is 5.65. The Hall–Kier alpha value is -2.36. The lowest BCUT2D eigenvalue weighted by atomic mass is 9.84. The maximum absolute atomic E-state index is 12.4. The molecule has 9 nitrogen and oxygen atoms in total. The van der Waals surface area contributed by atoms with E-state index >= 15 is 0 Å². The van der Waals surface area contributed by atoms with E-state index in [2.05, 4.69) is 16.0 Å². The molecule has 0 unspecified atom stereocenters. The van der Waals surface area contributed by atoms with Gasteiger partial charge >= 0.3 is 6.03 Å². The molecule has 0 bridgehead atoms. The summed E-state index contributed by atoms with van der Waals surface area (Å²) in [5.41, 5.74) is 1.67. The molecule has 2 aliphatic heterocycles. The highest BCUT2D eigenvalue weighted by atomic mass is 16.6. The topological polar surface area (TPSA) is 118 Å². The van der Waals surface area contributed by atoms with Gasteiger partial charge in [-0.15, -0.1) is 0 Å². The van der Waals surface area contributed by atoms with E-state index in [-0.39, 0.29) is 49.1 Å². The fourth-order valence-electron chi connectivity index (χ4n) is 4.96. The second kappa shape index (κ2) is 10.5. The fourth-order valence-corrected chi connectivity index (χ4v) is 4.96. The summed E-state index contributed by atoms with van der Waals surface area (Å²) in [6.45, 7) is 0.708. The molecule has 0 radical (unpaired) electrons. The van der Waals surface area contributed by atoms with Gasteiger partial charge in [-0.05, 0) is 37.5 Å². The number of aliphatic hydroxyl groups excluding tert-OH is 1. The number of rotatable bonds is 8. The zero-order valence-electron chi connectivity index (χ0n) is 18.5. The van der Waals surface area contributed by atoms with Gasteiger partial charge in [-0.3, -0.25) is 4.79 Å². The molecule has 3 amide bonds. The van der Waals surface area contributed by atoms with Crippen molar-refractivity contribution in [2.45, 2.75) is 68.8 Å². The number of benzene rings is 1. The summed E-state index contributed by atoms with van der Waals surface area (Å²) in [5.74, 6) is 0.599. The minimum atomic E-state index is -0.514. The number of ether oxygens (including phenoxy) is 3. The summed E-state index contributed by atoms with van der Waals surface area (Å²) in [7, 11) is 1.58. The van der Waals surface area contributed by atoms with Crippen molar-refractivity contribution in [3.63, 3.8) is 0 Å². The standard InChI is InChI=1S/C23H33N3O6/c1-30-9-8-24-21(28)12-16-11-18-17-10-15(26-23(29)25-14-4-2-3-5-14)6-7-19(17)32-22(18)20(13-27)31-16/h6-7,10,14,16,18,20,22,27H,2-5,8-9,11-13H2,1H3,(H,24,28)(H2,25,26,29)/t16-,18+,20-,22-/m0/s1. The third kappa shape index (κ3) is 5.33. The summed E-state index contributed by atoms with van der Waals surface area (Å²) in [4.78, 5) is 24.6. The van der Waals surface area contributed by atoms with Crippen LogP contribution in [0.1, 0.15) is 50.0 Å². The quantitative estimate of drug-likeness (QED) is 0.452. The maximum Gasteiger partial charge on any atom is 0.319 e. The van der Waals surface area contributed by atoms with E-state index in [0.717, 1.165) is 37.0 Å². The molecular formula is C23H33N3O6. The van der Waals surface area contributed by atoms with Gasteiger partial charge in [-0.1, -0.05) is 12.8 Å². The van der Waals surface area contributed by atoms with Crippen molar-refractivity contribution in [1.29, 1.82) is 0 Å². The van der Waals surface area contributed by atoms with Crippen LogP contribution in [0.2, 0.25) is 0 Å². The molecule has 3 aliphatic rings. The van der Waals surface area contributed by atoms with Crippen molar-refractivity contribution in [2.24, 2.45) is 0 Å². The normalized spacial score (nSPS) is 26.7. The van der Waals surface area contributed by atoms with Crippen LogP contribution in [0.5, 0.6) is 5.75 Å². The first kappa shape index (κ1) is 22.8. The SMILES string of the molecule is COCCNC(=O)C[C@@H]1C[C@@H]2c3cc(NC(=O)NC4CCCC4)ccc3O[C@@H]2[C@H](CO)O1. The number of carbonyl (C=O) groups excluding carboxylic acids is 2. The van der Waals surface area contributed by atoms with Crippen LogP contribution in [-0.2, 0) is 14.3 Å². The van der Waals surface area contributed by atoms with Crippen molar-refractivity contribution in [3.8, 4) is 5.75 Å². The molecule has 1 aliphatic carbocycles. The van der Waals surface area contributed by atoms with Crippen LogP contribution in [0.4, 0.5) is 10.5 Å². The van der Waals surface area contributed by atoms with Crippen LogP contribution in [0.25, 0.3) is 0 Å². The number of urea groups is 1. The molecule has 2 heterocycles. The largest absolute Gasteiger partial charge is 0.487 e. The summed E-state index contributed by atoms with van der Waals surface area (Å²) in [6.07, 6.45) is 4.02. The second-order valence-corrected chi connectivity index (χ2v) is 8.78. The summed E-state index contributed by atoms with van der Waals surface area (Å²) >= 11 is 0. The number of amides is 3. The van der Waals surface area contributed by atoms with Crippen molar-refractivity contribution in [3.05, 3.63) is 23.8 Å². The molecule has 0 spiro atoms. The molecule has 1 saturated carbocycles. The number of carbonyl (C=O) groups is 2. The smallest absolute Gasteiger partial charge is 0.319 e. The van der Waals surface area contributed by atoms with Gasteiger partial charge in [0.05, 0.1) is 25.7 Å². The Morgan fingerprint density at radius 2 is 2.06 bits per heavy atom. The summed E-state index contributed by atoms with van der Waals surface area (Å²) in [5, 5.41) is 18.6. The Morgan fingerprint density at radius 3 is 2.81 bits per heavy atom. The number of aliphatic hydroxyl groups is 1. The first-order valence-corrected chi connectivity index (χ1v) is 11.5. The monoisotopic (exact) mass is 447 g/mol. The molecule has 4 N–H and O–H groups in total. The zero-order chi connectivity index (χ0) is 22.5. The number of fused-ring (bicyclic) bond motifs is 3. The van der Waals surface area contributed by atoms with Gasteiger partial charge in [0.15, 0.2) is 0 Å². The third-order valence-electron chi connectivity index (χ3n) is 6.49. The third-order valence-corrected chi connectivity index (χ3v) is 6.49. The van der Waals surface area contributed by atoms with E-state index in [9.17, 15) is 14.7 Å². The van der Waals surface area contributed by atoms with E-state index in [1.165, 1.54) is 0 Å². The lowest BCUT2D eigenvalue weighted by Gasteiger charge is -2.37. The van der Waals surface area contributed by atoms with Crippen LogP contribution < -0.4 is 20.7 Å². The molecule has 1 aromatic carbocycles. The van der Waals surface area contributed by atoms with Gasteiger partial charge < -0.3 is 35.3 Å². The molecule has 1 aromatic rings. The van der Waals surface area contributed by atoms with Crippen molar-refractivity contribution in [2.75, 3.05) is 32.2 Å². The Kier molecular flexibility index (Phi) is 7.49. The van der Waals surface area contributed by atoms with Crippen molar-refractivity contribution in [1.82, 2.24) is 10.6 Å². The van der Waals surface area contributed by atoms with Gasteiger partial charge in [0, 0.05) is 36.9 Å². The number of nitrogens with one attached hydrogen (secondary N) is 3. The van der Waals surface area contributed by atoms with Gasteiger partial charge in [-0.2, -0.15) is 0 Å². The second-order valence-electron chi connectivity index (χ2n) is 8.78. The van der Waals surface area contributed by atoms with Crippen molar-refractivity contribution < 1.29 is 28.9 Å². The van der Waals surface area contributed by atoms with Crippen LogP contribution in [-0.4, -0.2) is 68.3 Å². The first-order valence-electron chi connectivity index (χ1n) is 11.5. The number of hydrogen-bond acceptors (Lipinski definition) is 6. The Bertz CT molecular complexity index is 813. The molecule has 32 heavy (non-hydrogen) atoms. The molecule has 0 aromatic heterocycles. The molecule has 4 rings (SSSR count). The highest BCUT2D eigenvalue weighted by Gasteiger charge is 2.46. The lowest BCUT2D eigenvalue weighted by molar-refractivity contribution is -0.142. The fraction of sp³-hybridized carbons (Fsp3) is 0.652. The zero-order valence-corrected chi connectivity index (χ0v) is 18.5. The van der Waals surface area contributed by atoms with Gasteiger partial charge in [0.1, 0.15) is 18.0 Å². The minimum Gasteiger partial charge on any atom is -0.487 e. The average molecular weight is 448 g/mol. The van der Waals surface area contributed by atoms with E-state index in [4.69, 9.17) is 14.2 Å². The van der Waals surface area contributed by atoms with Crippen LogP contribution in [0.15, 0.2) is 18.2 Å². The average Bonchev–Trinajstić information content (AvgIpc) is 3.41. The van der Waals surface area contributed by atoms with E-state index in [0.29, 0.717) is 25.3 Å². The van der Waals surface area contributed by atoms with Gasteiger partial charge in [-0.25, -0.2) is 4.79 Å². The first-order chi connectivity index (χ1) is 15.6. The Balaban J connectivity index is 1.41. The molecule has 9 heteroatoms. The van der Waals surface area contributed by atoms with Crippen molar-refractivity contribution >= 4 is 17.6 Å². The molecule has 176 valence electrons. The van der Waals surface area contributed by atoms with Crippen LogP contribution >= 0.6 is 0 Å². The highest BCUT2D eigenvalue weighted by Crippen LogP contribution is 2.47. The molecular weight excluding hydrogens is 414 g/mol. The van der Waals surface area contributed by atoms with E-state index in [1.54, 1.807) is 7.11 Å². The molecule has 2 fully saturated rings. The lowest BCUT2D eigenvalue weighted by Crippen LogP contribution is -2.47. The molecule has 4 atom stereocenters. The van der Waals surface area contributed by atoms with Gasteiger partial charge in [0.2, 0.25) is 5.91 Å². The molecule has 1 saturated heterocycles. The maximum atomic E-state index is 12.4. The Morgan fingerprint density at radius 1 is 1.25 bits per heavy atom. The number of hydrogen-bond donors (Lipinski definition) is 4. The van der Waals surface area contributed by atoms with E-state index in [1.807, 2.05) is 18.2 Å². The summed E-state index contributed by atoms with van der Waals surface area (Å²) < 4.78 is 17.0. The van der Waals surface area contributed by atoms with Crippen LogP contribution in [0.3, 0.4) is 0 Å². The van der Waals surface area contributed by atoms with Gasteiger partial charge in [0.25, 0.3) is 0 Å². The predicted molar refractivity (Wildman–Crippen MR) is 118 cm³/mol. The van der Waals surface area contributed by atoms with Crippen LogP contribution in [0, 0.1) is 0 Å². The minimum absolute atomic E-state index is 0.0210. The predicted octanol–water partition coefficient (Wildman–Crippen LogP) is 1.90. The number of methoxy groups -OCH3 is 1. The Labute approximate surface area is 188 Å².